The van der Waals surface area contributed by atoms with E-state index in [1.807, 2.05) is 22.5 Å². The summed E-state index contributed by atoms with van der Waals surface area (Å²) in [5.74, 6) is 1.50. The summed E-state index contributed by atoms with van der Waals surface area (Å²) in [6, 6.07) is 0. The SMILES string of the molecule is CC(C)Cn1cc(CN2CCO[C@H](c3nncn3C)C2)cn1. The third-order valence-electron chi connectivity index (χ3n) is 3.83. The van der Waals surface area contributed by atoms with Crippen molar-refractivity contribution in [3.05, 3.63) is 30.1 Å². The van der Waals surface area contributed by atoms with Gasteiger partial charge in [0.25, 0.3) is 0 Å². The van der Waals surface area contributed by atoms with E-state index in [4.69, 9.17) is 4.74 Å². The lowest BCUT2D eigenvalue weighted by atomic mass is 10.2. The molecule has 3 heterocycles. The number of nitrogens with zero attached hydrogens (tertiary/aromatic N) is 6. The molecular formula is C15H24N6O. The second-order valence-corrected chi connectivity index (χ2v) is 6.36. The Morgan fingerprint density at radius 1 is 1.41 bits per heavy atom. The van der Waals surface area contributed by atoms with E-state index in [1.54, 1.807) is 6.33 Å². The maximum Gasteiger partial charge on any atom is 0.163 e. The van der Waals surface area contributed by atoms with Gasteiger partial charge in [0.15, 0.2) is 5.82 Å². The second kappa shape index (κ2) is 6.58. The van der Waals surface area contributed by atoms with E-state index in [-0.39, 0.29) is 6.10 Å². The zero-order valence-electron chi connectivity index (χ0n) is 13.5. The lowest BCUT2D eigenvalue weighted by Crippen LogP contribution is -2.38. The van der Waals surface area contributed by atoms with Gasteiger partial charge >= 0.3 is 0 Å². The molecule has 7 nitrogen and oxygen atoms in total. The smallest absolute Gasteiger partial charge is 0.163 e. The van der Waals surface area contributed by atoms with Crippen molar-refractivity contribution in [3.8, 4) is 0 Å². The Morgan fingerprint density at radius 3 is 3.00 bits per heavy atom. The molecule has 3 rings (SSSR count). The lowest BCUT2D eigenvalue weighted by Gasteiger charge is -2.31. The molecule has 0 N–H and O–H groups in total. The monoisotopic (exact) mass is 304 g/mol. The molecule has 0 unspecified atom stereocenters. The molecular weight excluding hydrogens is 280 g/mol. The first-order chi connectivity index (χ1) is 10.6. The summed E-state index contributed by atoms with van der Waals surface area (Å²) in [4.78, 5) is 2.39. The van der Waals surface area contributed by atoms with Crippen LogP contribution in [0.5, 0.6) is 0 Å². The molecule has 0 spiro atoms. The van der Waals surface area contributed by atoms with Crippen LogP contribution in [-0.4, -0.2) is 49.1 Å². The molecule has 0 bridgehead atoms. The molecule has 0 amide bonds. The molecule has 2 aromatic heterocycles. The van der Waals surface area contributed by atoms with Gasteiger partial charge in [-0.3, -0.25) is 9.58 Å². The molecule has 7 heteroatoms. The third-order valence-corrected chi connectivity index (χ3v) is 3.83. The predicted molar refractivity (Wildman–Crippen MR) is 82.0 cm³/mol. The summed E-state index contributed by atoms with van der Waals surface area (Å²) in [5, 5.41) is 12.5. The number of morpholine rings is 1. The van der Waals surface area contributed by atoms with E-state index in [9.17, 15) is 0 Å². The highest BCUT2D eigenvalue weighted by Gasteiger charge is 2.25. The van der Waals surface area contributed by atoms with Gasteiger partial charge in [0, 0.05) is 45.0 Å². The van der Waals surface area contributed by atoms with Crippen molar-refractivity contribution in [1.82, 2.24) is 29.4 Å². The number of aryl methyl sites for hydroxylation is 1. The zero-order valence-corrected chi connectivity index (χ0v) is 13.5. The number of aromatic nitrogens is 5. The fraction of sp³-hybridized carbons (Fsp3) is 0.667. The van der Waals surface area contributed by atoms with Crippen LogP contribution >= 0.6 is 0 Å². The van der Waals surface area contributed by atoms with Crippen molar-refractivity contribution in [3.63, 3.8) is 0 Å². The van der Waals surface area contributed by atoms with Crippen LogP contribution in [0.15, 0.2) is 18.7 Å². The normalized spacial score (nSPS) is 19.9. The quantitative estimate of drug-likeness (QED) is 0.832. The van der Waals surface area contributed by atoms with E-state index in [2.05, 4.69) is 40.2 Å². The van der Waals surface area contributed by atoms with Crippen LogP contribution in [0.2, 0.25) is 0 Å². The van der Waals surface area contributed by atoms with Crippen LogP contribution < -0.4 is 0 Å². The van der Waals surface area contributed by atoms with Crippen molar-refractivity contribution in [2.75, 3.05) is 19.7 Å². The molecule has 120 valence electrons. The Labute approximate surface area is 130 Å². The first kappa shape index (κ1) is 15.2. The summed E-state index contributed by atoms with van der Waals surface area (Å²) < 4.78 is 9.80. The van der Waals surface area contributed by atoms with Crippen LogP contribution in [0.1, 0.15) is 31.3 Å². The van der Waals surface area contributed by atoms with Crippen LogP contribution in [-0.2, 0) is 24.9 Å². The molecule has 0 saturated carbocycles. The zero-order chi connectivity index (χ0) is 15.5. The molecule has 1 saturated heterocycles. The van der Waals surface area contributed by atoms with Crippen molar-refractivity contribution in [1.29, 1.82) is 0 Å². The van der Waals surface area contributed by atoms with Crippen molar-refractivity contribution in [2.24, 2.45) is 13.0 Å². The summed E-state index contributed by atoms with van der Waals surface area (Å²) in [6.07, 6.45) is 5.82. The minimum absolute atomic E-state index is 0.00745. The Morgan fingerprint density at radius 2 is 2.27 bits per heavy atom. The first-order valence-corrected chi connectivity index (χ1v) is 7.81. The average molecular weight is 304 g/mol. The van der Waals surface area contributed by atoms with Gasteiger partial charge in [0.2, 0.25) is 0 Å². The van der Waals surface area contributed by atoms with E-state index in [1.165, 1.54) is 5.56 Å². The third kappa shape index (κ3) is 3.53. The lowest BCUT2D eigenvalue weighted by molar-refractivity contribution is -0.0385. The maximum absolute atomic E-state index is 5.84. The number of ether oxygens (including phenoxy) is 1. The first-order valence-electron chi connectivity index (χ1n) is 7.81. The number of rotatable bonds is 5. The van der Waals surface area contributed by atoms with Gasteiger partial charge in [-0.1, -0.05) is 13.8 Å². The van der Waals surface area contributed by atoms with E-state index in [0.29, 0.717) is 5.92 Å². The van der Waals surface area contributed by atoms with Gasteiger partial charge in [-0.15, -0.1) is 10.2 Å². The van der Waals surface area contributed by atoms with Gasteiger partial charge in [-0.05, 0) is 5.92 Å². The Hall–Kier alpha value is -1.73. The van der Waals surface area contributed by atoms with Crippen LogP contribution in [0.4, 0.5) is 0 Å². The molecule has 1 atom stereocenters. The minimum Gasteiger partial charge on any atom is -0.368 e. The van der Waals surface area contributed by atoms with Gasteiger partial charge in [0.05, 0.1) is 12.8 Å². The van der Waals surface area contributed by atoms with Crippen LogP contribution in [0, 0.1) is 5.92 Å². The molecule has 0 aromatic carbocycles. The minimum atomic E-state index is -0.00745. The van der Waals surface area contributed by atoms with Gasteiger partial charge < -0.3 is 9.30 Å². The van der Waals surface area contributed by atoms with E-state index < -0.39 is 0 Å². The highest BCUT2D eigenvalue weighted by atomic mass is 16.5. The molecule has 1 aliphatic heterocycles. The standard InChI is InChI=1S/C15H24N6O/c1-12(2)7-21-9-13(6-17-21)8-20-4-5-22-14(10-20)15-18-16-11-19(15)3/h6,9,11-12,14H,4-5,7-8,10H2,1-3H3/t14-/m0/s1. The topological polar surface area (TPSA) is 61.0 Å². The summed E-state index contributed by atoms with van der Waals surface area (Å²) >= 11 is 0. The van der Waals surface area contributed by atoms with E-state index in [0.717, 1.165) is 38.6 Å². The predicted octanol–water partition coefficient (Wildman–Crippen LogP) is 1.24. The molecule has 0 aliphatic carbocycles. The number of hydrogen-bond donors (Lipinski definition) is 0. The highest BCUT2D eigenvalue weighted by molar-refractivity contribution is 5.04. The van der Waals surface area contributed by atoms with E-state index >= 15 is 0 Å². The molecule has 0 radical (unpaired) electrons. The number of hydrogen-bond acceptors (Lipinski definition) is 5. The fourth-order valence-corrected chi connectivity index (χ4v) is 2.81. The Bertz CT molecular complexity index is 605. The largest absolute Gasteiger partial charge is 0.368 e. The summed E-state index contributed by atoms with van der Waals surface area (Å²) in [7, 11) is 1.95. The molecule has 1 aliphatic rings. The van der Waals surface area contributed by atoms with Crippen molar-refractivity contribution < 1.29 is 4.74 Å². The van der Waals surface area contributed by atoms with Crippen molar-refractivity contribution in [2.45, 2.75) is 33.0 Å². The van der Waals surface area contributed by atoms with Gasteiger partial charge in [-0.25, -0.2) is 0 Å². The Kier molecular flexibility index (Phi) is 4.54. The summed E-state index contributed by atoms with van der Waals surface area (Å²) in [5.41, 5.74) is 1.25. The molecule has 1 fully saturated rings. The van der Waals surface area contributed by atoms with Gasteiger partial charge in [-0.2, -0.15) is 5.10 Å². The molecule has 22 heavy (non-hydrogen) atoms. The van der Waals surface area contributed by atoms with Crippen LogP contribution in [0.3, 0.4) is 0 Å². The highest BCUT2D eigenvalue weighted by Crippen LogP contribution is 2.21. The maximum atomic E-state index is 5.84. The fourth-order valence-electron chi connectivity index (χ4n) is 2.81. The van der Waals surface area contributed by atoms with Crippen LogP contribution in [0.25, 0.3) is 0 Å². The average Bonchev–Trinajstić information content (AvgIpc) is 3.08. The second-order valence-electron chi connectivity index (χ2n) is 6.36. The Balaban J connectivity index is 1.61. The summed E-state index contributed by atoms with van der Waals surface area (Å²) in [6.45, 7) is 8.76. The van der Waals surface area contributed by atoms with Crippen molar-refractivity contribution >= 4 is 0 Å². The molecule has 2 aromatic rings. The van der Waals surface area contributed by atoms with Gasteiger partial charge in [0.1, 0.15) is 12.4 Å².